The molecule has 0 heterocycles. The van der Waals surface area contributed by atoms with Gasteiger partial charge in [-0.3, -0.25) is 0 Å². The maximum atomic E-state index is 13.1. The van der Waals surface area contributed by atoms with Gasteiger partial charge in [-0.25, -0.2) is 4.39 Å². The van der Waals surface area contributed by atoms with E-state index in [0.29, 0.717) is 0 Å². The standard InChI is InChI=1S/C11H13FO/c1-4-9(3)13-11-7-8(2)5-6-10(11)12/h4-7,9H,1H2,2-3H3. The predicted octanol–water partition coefficient (Wildman–Crippen LogP) is 3.09. The van der Waals surface area contributed by atoms with Crippen molar-refractivity contribution in [3.8, 4) is 5.75 Å². The van der Waals surface area contributed by atoms with Gasteiger partial charge in [-0.05, 0) is 31.5 Å². The second-order valence-corrected chi connectivity index (χ2v) is 2.99. The Bertz CT molecular complexity index is 307. The molecule has 1 aromatic rings. The fourth-order valence-corrected chi connectivity index (χ4v) is 0.949. The van der Waals surface area contributed by atoms with Crippen LogP contribution in [0, 0.1) is 12.7 Å². The molecule has 0 aliphatic carbocycles. The largest absolute Gasteiger partial charge is 0.484 e. The monoisotopic (exact) mass is 180 g/mol. The van der Waals surface area contributed by atoms with Crippen molar-refractivity contribution in [2.45, 2.75) is 20.0 Å². The summed E-state index contributed by atoms with van der Waals surface area (Å²) in [6.07, 6.45) is 1.46. The molecule has 0 amide bonds. The summed E-state index contributed by atoms with van der Waals surface area (Å²) in [5, 5.41) is 0. The zero-order valence-electron chi connectivity index (χ0n) is 7.88. The van der Waals surface area contributed by atoms with E-state index < -0.39 is 0 Å². The van der Waals surface area contributed by atoms with E-state index in [4.69, 9.17) is 4.74 Å². The molecule has 0 aliphatic heterocycles. The second-order valence-electron chi connectivity index (χ2n) is 2.99. The summed E-state index contributed by atoms with van der Waals surface area (Å²) < 4.78 is 18.4. The first kappa shape index (κ1) is 9.78. The highest BCUT2D eigenvalue weighted by Gasteiger charge is 2.05. The lowest BCUT2D eigenvalue weighted by atomic mass is 10.2. The molecule has 2 heteroatoms. The molecule has 70 valence electrons. The smallest absolute Gasteiger partial charge is 0.165 e. The van der Waals surface area contributed by atoms with Crippen LogP contribution in [0.15, 0.2) is 30.9 Å². The fourth-order valence-electron chi connectivity index (χ4n) is 0.949. The number of hydrogen-bond donors (Lipinski definition) is 0. The Balaban J connectivity index is 2.86. The second kappa shape index (κ2) is 4.08. The molecule has 0 N–H and O–H groups in total. The third-order valence-corrected chi connectivity index (χ3v) is 1.73. The van der Waals surface area contributed by atoms with Gasteiger partial charge in [0.05, 0.1) is 0 Å². The summed E-state index contributed by atoms with van der Waals surface area (Å²) in [5.41, 5.74) is 0.979. The van der Waals surface area contributed by atoms with Crippen molar-refractivity contribution in [1.29, 1.82) is 0 Å². The fraction of sp³-hybridized carbons (Fsp3) is 0.273. The van der Waals surface area contributed by atoms with E-state index in [1.807, 2.05) is 13.8 Å². The van der Waals surface area contributed by atoms with E-state index in [1.54, 1.807) is 18.2 Å². The summed E-state index contributed by atoms with van der Waals surface area (Å²) >= 11 is 0. The third-order valence-electron chi connectivity index (χ3n) is 1.73. The first-order valence-corrected chi connectivity index (χ1v) is 4.19. The van der Waals surface area contributed by atoms with Gasteiger partial charge in [0.15, 0.2) is 11.6 Å². The van der Waals surface area contributed by atoms with E-state index in [2.05, 4.69) is 6.58 Å². The van der Waals surface area contributed by atoms with Gasteiger partial charge < -0.3 is 4.74 Å². The molecule has 0 bridgehead atoms. The zero-order chi connectivity index (χ0) is 9.84. The lowest BCUT2D eigenvalue weighted by Gasteiger charge is -2.11. The number of benzene rings is 1. The number of halogens is 1. The number of ether oxygens (including phenoxy) is 1. The number of hydrogen-bond acceptors (Lipinski definition) is 1. The van der Waals surface area contributed by atoms with E-state index >= 15 is 0 Å². The molecule has 1 nitrogen and oxygen atoms in total. The summed E-state index contributed by atoms with van der Waals surface area (Å²) in [5.74, 6) is -0.0494. The average molecular weight is 180 g/mol. The Morgan fingerprint density at radius 3 is 2.85 bits per heavy atom. The van der Waals surface area contributed by atoms with Gasteiger partial charge in [-0.15, -0.1) is 0 Å². The highest BCUT2D eigenvalue weighted by molar-refractivity contribution is 5.29. The summed E-state index contributed by atoms with van der Waals surface area (Å²) in [4.78, 5) is 0. The highest BCUT2D eigenvalue weighted by Crippen LogP contribution is 2.19. The first-order valence-electron chi connectivity index (χ1n) is 4.19. The van der Waals surface area contributed by atoms with Crippen LogP contribution < -0.4 is 4.74 Å². The van der Waals surface area contributed by atoms with Crippen LogP contribution in [0.1, 0.15) is 12.5 Å². The zero-order valence-corrected chi connectivity index (χ0v) is 7.88. The van der Waals surface area contributed by atoms with Crippen molar-refractivity contribution in [2.24, 2.45) is 0 Å². The van der Waals surface area contributed by atoms with Crippen molar-refractivity contribution in [3.05, 3.63) is 42.2 Å². The van der Waals surface area contributed by atoms with Crippen molar-refractivity contribution in [3.63, 3.8) is 0 Å². The van der Waals surface area contributed by atoms with Crippen LogP contribution in [0.2, 0.25) is 0 Å². The van der Waals surface area contributed by atoms with Crippen LogP contribution in [0.25, 0.3) is 0 Å². The molecule has 0 saturated carbocycles. The molecule has 1 rings (SSSR count). The van der Waals surface area contributed by atoms with Crippen LogP contribution >= 0.6 is 0 Å². The Hall–Kier alpha value is -1.31. The Morgan fingerprint density at radius 2 is 2.23 bits per heavy atom. The third kappa shape index (κ3) is 2.58. The minimum atomic E-state index is -0.334. The van der Waals surface area contributed by atoms with E-state index in [0.717, 1.165) is 5.56 Å². The molecule has 0 radical (unpaired) electrons. The van der Waals surface area contributed by atoms with Crippen molar-refractivity contribution >= 4 is 0 Å². The summed E-state index contributed by atoms with van der Waals surface area (Å²) in [6.45, 7) is 7.27. The Kier molecular flexibility index (Phi) is 3.07. The number of aryl methyl sites for hydroxylation is 1. The maximum absolute atomic E-state index is 13.1. The van der Waals surface area contributed by atoms with Gasteiger partial charge >= 0.3 is 0 Å². The van der Waals surface area contributed by atoms with Gasteiger partial charge in [0, 0.05) is 0 Å². The van der Waals surface area contributed by atoms with Crippen LogP contribution in [0.3, 0.4) is 0 Å². The molecule has 0 fully saturated rings. The molecule has 13 heavy (non-hydrogen) atoms. The van der Waals surface area contributed by atoms with Crippen LogP contribution in [-0.4, -0.2) is 6.10 Å². The van der Waals surface area contributed by atoms with Crippen LogP contribution in [0.5, 0.6) is 5.75 Å². The van der Waals surface area contributed by atoms with E-state index in [1.165, 1.54) is 6.07 Å². The van der Waals surface area contributed by atoms with Crippen molar-refractivity contribution in [2.75, 3.05) is 0 Å². The highest BCUT2D eigenvalue weighted by atomic mass is 19.1. The lowest BCUT2D eigenvalue weighted by molar-refractivity contribution is 0.257. The predicted molar refractivity (Wildman–Crippen MR) is 51.4 cm³/mol. The molecule has 0 spiro atoms. The molecule has 1 aromatic carbocycles. The SMILES string of the molecule is C=CC(C)Oc1cc(C)ccc1F. The van der Waals surface area contributed by atoms with Crippen molar-refractivity contribution < 1.29 is 9.13 Å². The normalized spacial score (nSPS) is 12.2. The molecule has 1 atom stereocenters. The van der Waals surface area contributed by atoms with Crippen molar-refractivity contribution in [1.82, 2.24) is 0 Å². The first-order chi connectivity index (χ1) is 6.13. The van der Waals surface area contributed by atoms with E-state index in [9.17, 15) is 4.39 Å². The average Bonchev–Trinajstić information content (AvgIpc) is 2.11. The maximum Gasteiger partial charge on any atom is 0.165 e. The summed E-state index contributed by atoms with van der Waals surface area (Å²) in [6, 6.07) is 4.79. The van der Waals surface area contributed by atoms with Gasteiger partial charge in [0.2, 0.25) is 0 Å². The topological polar surface area (TPSA) is 9.23 Å². The lowest BCUT2D eigenvalue weighted by Crippen LogP contribution is -2.08. The minimum Gasteiger partial charge on any atom is -0.484 e. The number of rotatable bonds is 3. The molecule has 0 aliphatic rings. The molecule has 1 unspecified atom stereocenters. The molecular formula is C11H13FO. The summed E-state index contributed by atoms with van der Waals surface area (Å²) in [7, 11) is 0. The van der Waals surface area contributed by atoms with E-state index in [-0.39, 0.29) is 17.7 Å². The quantitative estimate of drug-likeness (QED) is 0.649. The van der Waals surface area contributed by atoms with Gasteiger partial charge in [0.1, 0.15) is 6.10 Å². The molecule has 0 aromatic heterocycles. The van der Waals surface area contributed by atoms with Gasteiger partial charge in [-0.2, -0.15) is 0 Å². The minimum absolute atomic E-state index is 0.170. The Labute approximate surface area is 77.8 Å². The molecule has 0 saturated heterocycles. The van der Waals surface area contributed by atoms with Gasteiger partial charge in [-0.1, -0.05) is 18.7 Å². The van der Waals surface area contributed by atoms with Crippen LogP contribution in [0.4, 0.5) is 4.39 Å². The van der Waals surface area contributed by atoms with Crippen LogP contribution in [-0.2, 0) is 0 Å². The Morgan fingerprint density at radius 1 is 1.54 bits per heavy atom. The van der Waals surface area contributed by atoms with Gasteiger partial charge in [0.25, 0.3) is 0 Å². The molecular weight excluding hydrogens is 167 g/mol.